The fourth-order valence-corrected chi connectivity index (χ4v) is 4.52. The summed E-state index contributed by atoms with van der Waals surface area (Å²) in [5.74, 6) is -0.190. The van der Waals surface area contributed by atoms with Crippen LogP contribution in [0.25, 0.3) is 10.2 Å². The molecule has 0 aliphatic heterocycles. The number of amides is 1. The maximum absolute atomic E-state index is 13.8. The number of thiophene rings is 1. The predicted molar refractivity (Wildman–Crippen MR) is 104 cm³/mol. The van der Waals surface area contributed by atoms with E-state index in [0.29, 0.717) is 16.5 Å². The Hall–Kier alpha value is -2.47. The Kier molecular flexibility index (Phi) is 4.36. The fourth-order valence-electron chi connectivity index (χ4n) is 3.52. The van der Waals surface area contributed by atoms with Crippen LogP contribution in [0.1, 0.15) is 40.7 Å². The molecule has 3 N–H and O–H groups in total. The van der Waals surface area contributed by atoms with Gasteiger partial charge in [-0.05, 0) is 48.9 Å². The van der Waals surface area contributed by atoms with Crippen molar-refractivity contribution >= 4 is 38.8 Å². The zero-order valence-corrected chi connectivity index (χ0v) is 15.3. The van der Waals surface area contributed by atoms with Crippen molar-refractivity contribution in [3.05, 3.63) is 52.3 Å². The zero-order chi connectivity index (χ0) is 18.3. The van der Waals surface area contributed by atoms with Crippen LogP contribution in [0.15, 0.2) is 30.3 Å². The lowest BCUT2D eigenvalue weighted by atomic mass is 9.85. The Morgan fingerprint density at radius 3 is 3.00 bits per heavy atom. The summed E-state index contributed by atoms with van der Waals surface area (Å²) in [4.78, 5) is 18.5. The standard InChI is InChI=1S/C20H20FN3OS/c1-2-11-7-8-15-12(9-11)10-13-17(22)18(26-20(13)24-15)19(25)23-16-6-4-3-5-14(16)21/h3-6,10-11H,2,7-9,22H2,1H3,(H,23,25). The number of rotatable bonds is 3. The maximum Gasteiger partial charge on any atom is 0.268 e. The molecule has 1 aliphatic rings. The molecule has 4 rings (SSSR count). The normalized spacial score (nSPS) is 16.5. The second-order valence-electron chi connectivity index (χ2n) is 6.74. The third-order valence-electron chi connectivity index (χ3n) is 5.09. The van der Waals surface area contributed by atoms with Gasteiger partial charge in [0, 0.05) is 11.1 Å². The van der Waals surface area contributed by atoms with Gasteiger partial charge in [-0.3, -0.25) is 4.79 Å². The van der Waals surface area contributed by atoms with Crippen molar-refractivity contribution in [3.63, 3.8) is 0 Å². The minimum absolute atomic E-state index is 0.146. The molecule has 2 heterocycles. The number of anilines is 2. The van der Waals surface area contributed by atoms with E-state index in [0.717, 1.165) is 41.6 Å². The number of hydrogen-bond acceptors (Lipinski definition) is 4. The fraction of sp³-hybridized carbons (Fsp3) is 0.300. The number of aryl methyl sites for hydroxylation is 1. The number of nitrogens with two attached hydrogens (primary N) is 1. The van der Waals surface area contributed by atoms with Gasteiger partial charge in [0.15, 0.2) is 0 Å². The zero-order valence-electron chi connectivity index (χ0n) is 14.5. The number of pyridine rings is 1. The SMILES string of the molecule is CCC1CCc2nc3sc(C(=O)Nc4ccccc4F)c(N)c3cc2C1. The molecule has 1 aliphatic carbocycles. The van der Waals surface area contributed by atoms with E-state index < -0.39 is 11.7 Å². The topological polar surface area (TPSA) is 68.0 Å². The summed E-state index contributed by atoms with van der Waals surface area (Å²) in [6.45, 7) is 2.21. The summed E-state index contributed by atoms with van der Waals surface area (Å²) in [5, 5.41) is 3.43. The summed E-state index contributed by atoms with van der Waals surface area (Å²) in [5.41, 5.74) is 9.17. The van der Waals surface area contributed by atoms with Crippen molar-refractivity contribution in [2.24, 2.45) is 5.92 Å². The van der Waals surface area contributed by atoms with Crippen molar-refractivity contribution in [3.8, 4) is 0 Å². The third-order valence-corrected chi connectivity index (χ3v) is 6.21. The van der Waals surface area contributed by atoms with Crippen molar-refractivity contribution in [2.45, 2.75) is 32.6 Å². The molecule has 1 unspecified atom stereocenters. The molecule has 0 spiro atoms. The molecule has 134 valence electrons. The smallest absolute Gasteiger partial charge is 0.268 e. The molecular weight excluding hydrogens is 349 g/mol. The van der Waals surface area contributed by atoms with Gasteiger partial charge in [-0.25, -0.2) is 9.37 Å². The third kappa shape index (κ3) is 2.94. The first kappa shape index (κ1) is 17.0. The molecule has 2 aromatic heterocycles. The Bertz CT molecular complexity index is 998. The van der Waals surface area contributed by atoms with E-state index >= 15 is 0 Å². The first-order chi connectivity index (χ1) is 12.6. The average molecular weight is 369 g/mol. The second kappa shape index (κ2) is 6.68. The molecule has 3 aromatic rings. The summed E-state index contributed by atoms with van der Waals surface area (Å²) >= 11 is 1.27. The molecule has 1 aromatic carbocycles. The van der Waals surface area contributed by atoms with Crippen LogP contribution >= 0.6 is 11.3 Å². The highest BCUT2D eigenvalue weighted by Crippen LogP contribution is 2.37. The van der Waals surface area contributed by atoms with Gasteiger partial charge in [0.1, 0.15) is 15.5 Å². The quantitative estimate of drug-likeness (QED) is 0.698. The number of nitrogens with zero attached hydrogens (tertiary/aromatic N) is 1. The molecular formula is C20H20FN3OS. The van der Waals surface area contributed by atoms with Gasteiger partial charge in [0.2, 0.25) is 0 Å². The van der Waals surface area contributed by atoms with Gasteiger partial charge < -0.3 is 11.1 Å². The predicted octanol–water partition coefficient (Wildman–Crippen LogP) is 4.78. The van der Waals surface area contributed by atoms with Crippen LogP contribution in [0.3, 0.4) is 0 Å². The lowest BCUT2D eigenvalue weighted by Gasteiger charge is -2.22. The summed E-state index contributed by atoms with van der Waals surface area (Å²) in [7, 11) is 0. The number of hydrogen-bond donors (Lipinski definition) is 2. The number of benzene rings is 1. The van der Waals surface area contributed by atoms with Crippen LogP contribution in [0.2, 0.25) is 0 Å². The van der Waals surface area contributed by atoms with Crippen molar-refractivity contribution < 1.29 is 9.18 Å². The summed E-state index contributed by atoms with van der Waals surface area (Å²) in [6, 6.07) is 8.18. The average Bonchev–Trinajstić information content (AvgIpc) is 2.97. The molecule has 0 fully saturated rings. The van der Waals surface area contributed by atoms with Gasteiger partial charge in [-0.1, -0.05) is 25.5 Å². The van der Waals surface area contributed by atoms with Gasteiger partial charge in [0.25, 0.3) is 5.91 Å². The minimum atomic E-state index is -0.472. The van der Waals surface area contributed by atoms with E-state index in [1.165, 1.54) is 29.0 Å². The van der Waals surface area contributed by atoms with Crippen LogP contribution in [0.4, 0.5) is 15.8 Å². The molecule has 26 heavy (non-hydrogen) atoms. The number of carbonyl (C=O) groups is 1. The number of nitrogen functional groups attached to an aromatic ring is 1. The van der Waals surface area contributed by atoms with Crippen LogP contribution < -0.4 is 11.1 Å². The first-order valence-electron chi connectivity index (χ1n) is 8.83. The summed E-state index contributed by atoms with van der Waals surface area (Å²) in [6.07, 6.45) is 4.30. The number of fused-ring (bicyclic) bond motifs is 2. The molecule has 0 bridgehead atoms. The van der Waals surface area contributed by atoms with Gasteiger partial charge >= 0.3 is 0 Å². The molecule has 4 nitrogen and oxygen atoms in total. The first-order valence-corrected chi connectivity index (χ1v) is 9.65. The van der Waals surface area contributed by atoms with E-state index in [1.807, 2.05) is 0 Å². The molecule has 0 saturated carbocycles. The lowest BCUT2D eigenvalue weighted by molar-refractivity contribution is 0.103. The maximum atomic E-state index is 13.8. The van der Waals surface area contributed by atoms with Gasteiger partial charge in [-0.15, -0.1) is 11.3 Å². The Morgan fingerprint density at radius 2 is 2.23 bits per heavy atom. The summed E-state index contributed by atoms with van der Waals surface area (Å²) < 4.78 is 13.8. The molecule has 0 radical (unpaired) electrons. The van der Waals surface area contributed by atoms with E-state index in [-0.39, 0.29) is 5.69 Å². The van der Waals surface area contributed by atoms with Crippen molar-refractivity contribution in [1.29, 1.82) is 0 Å². The Balaban J connectivity index is 1.69. The van der Waals surface area contributed by atoms with Crippen molar-refractivity contribution in [2.75, 3.05) is 11.1 Å². The van der Waals surface area contributed by atoms with E-state index in [4.69, 9.17) is 10.7 Å². The number of nitrogens with one attached hydrogen (secondary N) is 1. The molecule has 1 amide bonds. The highest BCUT2D eigenvalue weighted by Gasteiger charge is 2.23. The highest BCUT2D eigenvalue weighted by molar-refractivity contribution is 7.21. The van der Waals surface area contributed by atoms with Gasteiger partial charge in [-0.2, -0.15) is 0 Å². The number of halogens is 1. The van der Waals surface area contributed by atoms with Crippen LogP contribution in [-0.4, -0.2) is 10.9 Å². The molecule has 1 atom stereocenters. The lowest BCUT2D eigenvalue weighted by Crippen LogP contribution is -2.14. The van der Waals surface area contributed by atoms with Crippen LogP contribution in [0, 0.1) is 11.7 Å². The molecule has 6 heteroatoms. The highest BCUT2D eigenvalue weighted by atomic mass is 32.1. The van der Waals surface area contributed by atoms with Gasteiger partial charge in [0.05, 0.1) is 11.4 Å². The van der Waals surface area contributed by atoms with E-state index in [9.17, 15) is 9.18 Å². The monoisotopic (exact) mass is 369 g/mol. The number of para-hydroxylation sites is 1. The van der Waals surface area contributed by atoms with Crippen LogP contribution in [-0.2, 0) is 12.8 Å². The van der Waals surface area contributed by atoms with E-state index in [1.54, 1.807) is 12.1 Å². The number of aromatic nitrogens is 1. The second-order valence-corrected chi connectivity index (χ2v) is 7.74. The number of carbonyl (C=O) groups excluding carboxylic acids is 1. The van der Waals surface area contributed by atoms with Crippen LogP contribution in [0.5, 0.6) is 0 Å². The van der Waals surface area contributed by atoms with E-state index in [2.05, 4.69) is 18.3 Å². The Morgan fingerprint density at radius 1 is 1.42 bits per heavy atom. The Labute approximate surface area is 155 Å². The molecule has 0 saturated heterocycles. The van der Waals surface area contributed by atoms with Crippen molar-refractivity contribution in [1.82, 2.24) is 4.98 Å². The largest absolute Gasteiger partial charge is 0.397 e. The minimum Gasteiger partial charge on any atom is -0.397 e.